The first-order valence-corrected chi connectivity index (χ1v) is 12.3. The van der Waals surface area contributed by atoms with Crippen molar-refractivity contribution in [1.82, 2.24) is 29.3 Å². The SMILES string of the molecule is COc1cccc(-n2nnc3c(N4CCN(S(=O)(=O)c5ccccc5C(F)(F)F)CC4)ncnc32)c1. The van der Waals surface area contributed by atoms with Crippen molar-refractivity contribution in [2.75, 3.05) is 38.2 Å². The van der Waals surface area contributed by atoms with Gasteiger partial charge in [-0.05, 0) is 24.3 Å². The van der Waals surface area contributed by atoms with Crippen molar-refractivity contribution in [1.29, 1.82) is 0 Å². The van der Waals surface area contributed by atoms with Crippen LogP contribution in [0.15, 0.2) is 59.8 Å². The van der Waals surface area contributed by atoms with Gasteiger partial charge in [-0.3, -0.25) is 0 Å². The van der Waals surface area contributed by atoms with Crippen LogP contribution in [0.4, 0.5) is 19.0 Å². The van der Waals surface area contributed by atoms with E-state index in [4.69, 9.17) is 4.74 Å². The third-order valence-corrected chi connectivity index (χ3v) is 7.82. The van der Waals surface area contributed by atoms with Crippen LogP contribution < -0.4 is 9.64 Å². The van der Waals surface area contributed by atoms with E-state index in [9.17, 15) is 21.6 Å². The van der Waals surface area contributed by atoms with Gasteiger partial charge in [-0.1, -0.05) is 23.4 Å². The number of nitrogens with zero attached hydrogens (tertiary/aromatic N) is 7. The van der Waals surface area contributed by atoms with Crippen LogP contribution >= 0.6 is 0 Å². The zero-order valence-corrected chi connectivity index (χ0v) is 19.7. The Balaban J connectivity index is 1.40. The van der Waals surface area contributed by atoms with Gasteiger partial charge < -0.3 is 9.64 Å². The Labute approximate surface area is 204 Å². The lowest BCUT2D eigenvalue weighted by Crippen LogP contribution is -2.49. The molecule has 2 aromatic carbocycles. The first kappa shape index (κ1) is 23.9. The third kappa shape index (κ3) is 4.22. The van der Waals surface area contributed by atoms with E-state index in [1.165, 1.54) is 23.1 Å². The highest BCUT2D eigenvalue weighted by Crippen LogP contribution is 2.35. The smallest absolute Gasteiger partial charge is 0.417 e. The molecule has 0 aliphatic carbocycles. The molecule has 3 heterocycles. The van der Waals surface area contributed by atoms with Crippen molar-refractivity contribution in [2.45, 2.75) is 11.1 Å². The summed E-state index contributed by atoms with van der Waals surface area (Å²) in [7, 11) is -2.80. The number of halogens is 3. The van der Waals surface area contributed by atoms with Gasteiger partial charge in [-0.25, -0.2) is 18.4 Å². The summed E-state index contributed by atoms with van der Waals surface area (Å²) in [4.78, 5) is 9.68. The van der Waals surface area contributed by atoms with Crippen LogP contribution in [-0.4, -0.2) is 71.0 Å². The molecule has 188 valence electrons. The van der Waals surface area contributed by atoms with Gasteiger partial charge >= 0.3 is 6.18 Å². The fourth-order valence-corrected chi connectivity index (χ4v) is 5.72. The highest BCUT2D eigenvalue weighted by Gasteiger charge is 2.39. The fourth-order valence-electron chi connectivity index (χ4n) is 4.09. The van der Waals surface area contributed by atoms with Crippen molar-refractivity contribution >= 4 is 27.0 Å². The molecule has 1 aliphatic heterocycles. The van der Waals surface area contributed by atoms with Crippen molar-refractivity contribution in [3.63, 3.8) is 0 Å². The minimum Gasteiger partial charge on any atom is -0.497 e. The van der Waals surface area contributed by atoms with E-state index in [0.717, 1.165) is 16.4 Å². The lowest BCUT2D eigenvalue weighted by Gasteiger charge is -2.34. The average molecular weight is 520 g/mol. The fraction of sp³-hybridized carbons (Fsp3) is 0.273. The van der Waals surface area contributed by atoms with E-state index < -0.39 is 26.7 Å². The molecule has 0 spiro atoms. The van der Waals surface area contributed by atoms with Crippen LogP contribution in [0.1, 0.15) is 5.56 Å². The number of anilines is 1. The number of ether oxygens (including phenoxy) is 1. The molecule has 14 heteroatoms. The van der Waals surface area contributed by atoms with Gasteiger partial charge in [0, 0.05) is 32.2 Å². The molecule has 0 bridgehead atoms. The number of rotatable bonds is 5. The summed E-state index contributed by atoms with van der Waals surface area (Å²) >= 11 is 0. The van der Waals surface area contributed by atoms with E-state index in [2.05, 4.69) is 20.3 Å². The molecule has 0 N–H and O–H groups in total. The summed E-state index contributed by atoms with van der Waals surface area (Å²) < 4.78 is 74.2. The van der Waals surface area contributed by atoms with Gasteiger partial charge in [0.15, 0.2) is 17.0 Å². The number of alkyl halides is 3. The molecule has 4 aromatic rings. The number of hydrogen-bond acceptors (Lipinski definition) is 8. The molecule has 0 atom stereocenters. The monoisotopic (exact) mass is 519 g/mol. The Morgan fingerprint density at radius 3 is 2.44 bits per heavy atom. The Kier molecular flexibility index (Phi) is 6.00. The topological polar surface area (TPSA) is 106 Å². The standard InChI is InChI=1S/C22H20F3N7O3S/c1-35-16-6-4-5-15(13-16)32-21-19(28-29-32)20(26-14-27-21)30-9-11-31(12-10-30)36(33,34)18-8-3-2-7-17(18)22(23,24)25/h2-8,13-14H,9-12H2,1H3. The number of methoxy groups -OCH3 is 1. The second-order valence-electron chi connectivity index (χ2n) is 7.96. The van der Waals surface area contributed by atoms with Gasteiger partial charge in [0.25, 0.3) is 0 Å². The van der Waals surface area contributed by atoms with E-state index in [0.29, 0.717) is 28.4 Å². The Morgan fingerprint density at radius 1 is 0.972 bits per heavy atom. The summed E-state index contributed by atoms with van der Waals surface area (Å²) in [6.07, 6.45) is -3.42. The predicted molar refractivity (Wildman–Crippen MR) is 123 cm³/mol. The molecule has 0 amide bonds. The van der Waals surface area contributed by atoms with Gasteiger partial charge in [0.2, 0.25) is 10.0 Å². The zero-order valence-electron chi connectivity index (χ0n) is 18.9. The summed E-state index contributed by atoms with van der Waals surface area (Å²) in [5, 5.41) is 8.42. The van der Waals surface area contributed by atoms with E-state index in [-0.39, 0.29) is 26.2 Å². The molecular weight excluding hydrogens is 499 g/mol. The van der Waals surface area contributed by atoms with Gasteiger partial charge in [0.05, 0.1) is 23.3 Å². The van der Waals surface area contributed by atoms with Crippen molar-refractivity contribution in [3.05, 3.63) is 60.4 Å². The minimum atomic E-state index is -4.79. The molecule has 0 unspecified atom stereocenters. The Bertz CT molecular complexity index is 1520. The molecule has 1 aliphatic rings. The van der Waals surface area contributed by atoms with Gasteiger partial charge in [-0.2, -0.15) is 22.2 Å². The number of hydrogen-bond donors (Lipinski definition) is 0. The molecule has 0 saturated carbocycles. The quantitative estimate of drug-likeness (QED) is 0.396. The highest BCUT2D eigenvalue weighted by atomic mass is 32.2. The molecule has 0 radical (unpaired) electrons. The van der Waals surface area contributed by atoms with Crippen molar-refractivity contribution < 1.29 is 26.3 Å². The minimum absolute atomic E-state index is 0.0238. The summed E-state index contributed by atoms with van der Waals surface area (Å²) in [6.45, 7) is 0.352. The zero-order chi connectivity index (χ0) is 25.5. The van der Waals surface area contributed by atoms with Crippen LogP contribution in [0, 0.1) is 0 Å². The first-order chi connectivity index (χ1) is 17.2. The van der Waals surface area contributed by atoms with Gasteiger partial charge in [0.1, 0.15) is 12.1 Å². The maximum absolute atomic E-state index is 13.4. The van der Waals surface area contributed by atoms with Crippen LogP contribution in [0.25, 0.3) is 16.9 Å². The van der Waals surface area contributed by atoms with E-state index in [1.54, 1.807) is 25.3 Å². The lowest BCUT2D eigenvalue weighted by atomic mass is 10.2. The number of benzene rings is 2. The highest BCUT2D eigenvalue weighted by molar-refractivity contribution is 7.89. The normalized spacial score (nSPS) is 15.4. The van der Waals surface area contributed by atoms with E-state index in [1.807, 2.05) is 11.0 Å². The summed E-state index contributed by atoms with van der Waals surface area (Å²) in [5.74, 6) is 1.09. The molecule has 1 fully saturated rings. The number of piperazine rings is 1. The van der Waals surface area contributed by atoms with Crippen LogP contribution in [0.2, 0.25) is 0 Å². The summed E-state index contributed by atoms with van der Waals surface area (Å²) in [6, 6.07) is 11.4. The maximum Gasteiger partial charge on any atom is 0.417 e. The maximum atomic E-state index is 13.4. The average Bonchev–Trinajstić information content (AvgIpc) is 3.33. The van der Waals surface area contributed by atoms with E-state index >= 15 is 0 Å². The molecule has 5 rings (SSSR count). The Hall–Kier alpha value is -3.78. The molecule has 36 heavy (non-hydrogen) atoms. The predicted octanol–water partition coefficient (Wildman–Crippen LogP) is 2.75. The summed E-state index contributed by atoms with van der Waals surface area (Å²) in [5.41, 5.74) is 0.362. The molecule has 2 aromatic heterocycles. The third-order valence-electron chi connectivity index (χ3n) is 5.86. The second-order valence-corrected chi connectivity index (χ2v) is 9.86. The van der Waals surface area contributed by atoms with Crippen molar-refractivity contribution in [3.8, 4) is 11.4 Å². The van der Waals surface area contributed by atoms with Crippen LogP contribution in [0.3, 0.4) is 0 Å². The number of sulfonamides is 1. The number of fused-ring (bicyclic) bond motifs is 1. The van der Waals surface area contributed by atoms with Crippen LogP contribution in [-0.2, 0) is 16.2 Å². The first-order valence-electron chi connectivity index (χ1n) is 10.8. The largest absolute Gasteiger partial charge is 0.497 e. The van der Waals surface area contributed by atoms with Gasteiger partial charge in [-0.15, -0.1) is 5.10 Å². The van der Waals surface area contributed by atoms with Crippen molar-refractivity contribution in [2.24, 2.45) is 0 Å². The lowest BCUT2D eigenvalue weighted by molar-refractivity contribution is -0.139. The van der Waals surface area contributed by atoms with Crippen LogP contribution in [0.5, 0.6) is 5.75 Å². The molecule has 10 nitrogen and oxygen atoms in total. The molecular formula is C22H20F3N7O3S. The number of aromatic nitrogens is 5. The second kappa shape index (κ2) is 9.02. The molecule has 1 saturated heterocycles. The Morgan fingerprint density at radius 2 is 1.72 bits per heavy atom.